The quantitative estimate of drug-likeness (QED) is 0.0222. The Balaban J connectivity index is 5.22. The number of hydrogen-bond donors (Lipinski definition) is 3. The van der Waals surface area contributed by atoms with Gasteiger partial charge in [0.05, 0.1) is 26.4 Å². The van der Waals surface area contributed by atoms with E-state index in [9.17, 15) is 43.2 Å². The minimum absolute atomic E-state index is 0.106. The Morgan fingerprint density at radius 3 is 0.703 bits per heavy atom. The fourth-order valence-electron chi connectivity index (χ4n) is 12.5. The first-order valence-corrected chi connectivity index (χ1v) is 45.3. The van der Waals surface area contributed by atoms with E-state index in [0.29, 0.717) is 25.7 Å². The Kier molecular flexibility index (Phi) is 69.6. The summed E-state index contributed by atoms with van der Waals surface area (Å²) in [6.07, 6.45) is 58.2. The van der Waals surface area contributed by atoms with Crippen LogP contribution in [0.4, 0.5) is 0 Å². The third kappa shape index (κ3) is 73.4. The van der Waals surface area contributed by atoms with E-state index in [2.05, 4.69) is 55.4 Å². The zero-order valence-electron chi connectivity index (χ0n) is 66.5. The maximum atomic E-state index is 13.1. The molecular formula is C82H160O17P2. The van der Waals surface area contributed by atoms with Crippen molar-refractivity contribution in [1.29, 1.82) is 0 Å². The molecule has 0 spiro atoms. The molecule has 0 fully saturated rings. The molecule has 600 valence electrons. The van der Waals surface area contributed by atoms with Gasteiger partial charge >= 0.3 is 39.5 Å². The summed E-state index contributed by atoms with van der Waals surface area (Å²) in [6, 6.07) is 0. The lowest BCUT2D eigenvalue weighted by Gasteiger charge is -2.21. The molecule has 0 amide bonds. The number of carbonyl (C=O) groups excluding carboxylic acids is 4. The second-order valence-corrected chi connectivity index (χ2v) is 33.9. The van der Waals surface area contributed by atoms with Crippen LogP contribution in [0, 0.1) is 23.7 Å². The molecule has 0 rings (SSSR count). The van der Waals surface area contributed by atoms with Gasteiger partial charge in [0, 0.05) is 25.7 Å². The van der Waals surface area contributed by atoms with Gasteiger partial charge in [0.15, 0.2) is 12.2 Å². The summed E-state index contributed by atoms with van der Waals surface area (Å²) in [5.74, 6) is 1.04. The third-order valence-corrected chi connectivity index (χ3v) is 21.7. The zero-order valence-corrected chi connectivity index (χ0v) is 68.3. The van der Waals surface area contributed by atoms with Crippen LogP contribution >= 0.6 is 15.6 Å². The number of aliphatic hydroxyl groups excluding tert-OH is 1. The van der Waals surface area contributed by atoms with Gasteiger partial charge in [0.1, 0.15) is 19.3 Å². The molecule has 4 unspecified atom stereocenters. The lowest BCUT2D eigenvalue weighted by Crippen LogP contribution is -2.30. The third-order valence-electron chi connectivity index (χ3n) is 19.8. The highest BCUT2D eigenvalue weighted by Gasteiger charge is 2.30. The lowest BCUT2D eigenvalue weighted by molar-refractivity contribution is -0.161. The van der Waals surface area contributed by atoms with E-state index in [1.165, 1.54) is 218 Å². The summed E-state index contributed by atoms with van der Waals surface area (Å²) in [4.78, 5) is 73.1. The van der Waals surface area contributed by atoms with E-state index in [1.807, 2.05) is 0 Å². The average molecular weight is 1480 g/mol. The molecule has 0 aromatic carbocycles. The van der Waals surface area contributed by atoms with Crippen molar-refractivity contribution in [3.05, 3.63) is 0 Å². The topological polar surface area (TPSA) is 237 Å². The molecule has 0 aliphatic rings. The van der Waals surface area contributed by atoms with Gasteiger partial charge in [0.25, 0.3) is 0 Å². The fourth-order valence-corrected chi connectivity index (χ4v) is 14.1. The molecule has 19 heteroatoms. The highest BCUT2D eigenvalue weighted by Crippen LogP contribution is 2.45. The van der Waals surface area contributed by atoms with Crippen LogP contribution < -0.4 is 0 Å². The Labute approximate surface area is 619 Å². The normalized spacial score (nSPS) is 14.5. The number of esters is 4. The minimum atomic E-state index is -4.96. The number of carbonyl (C=O) groups is 4. The molecule has 0 aromatic heterocycles. The molecule has 0 aromatic rings. The molecule has 0 bridgehead atoms. The Morgan fingerprint density at radius 2 is 0.475 bits per heavy atom. The highest BCUT2D eigenvalue weighted by molar-refractivity contribution is 7.47. The molecule has 7 atom stereocenters. The molecule has 0 aliphatic heterocycles. The van der Waals surface area contributed by atoms with Crippen LogP contribution in [0.2, 0.25) is 0 Å². The van der Waals surface area contributed by atoms with Gasteiger partial charge in [0.2, 0.25) is 0 Å². The average Bonchev–Trinajstić information content (AvgIpc) is 0.965. The first kappa shape index (κ1) is 99.1. The van der Waals surface area contributed by atoms with Gasteiger partial charge in [-0.3, -0.25) is 37.3 Å². The number of ether oxygens (including phenoxy) is 4. The number of hydrogen-bond acceptors (Lipinski definition) is 15. The molecule has 0 saturated heterocycles. The predicted molar refractivity (Wildman–Crippen MR) is 414 cm³/mol. The maximum absolute atomic E-state index is 13.1. The molecule has 0 radical (unpaired) electrons. The molecule has 3 N–H and O–H groups in total. The van der Waals surface area contributed by atoms with Gasteiger partial charge in [-0.1, -0.05) is 370 Å². The van der Waals surface area contributed by atoms with Gasteiger partial charge in [-0.05, 0) is 49.4 Å². The smallest absolute Gasteiger partial charge is 0.462 e. The minimum Gasteiger partial charge on any atom is -0.462 e. The summed E-state index contributed by atoms with van der Waals surface area (Å²) in [5.41, 5.74) is 0. The fraction of sp³-hybridized carbons (Fsp3) is 0.951. The number of phosphoric acid groups is 2. The predicted octanol–water partition coefficient (Wildman–Crippen LogP) is 24.4. The molecule has 17 nitrogen and oxygen atoms in total. The largest absolute Gasteiger partial charge is 0.472 e. The summed E-state index contributed by atoms with van der Waals surface area (Å²) < 4.78 is 68.8. The second-order valence-electron chi connectivity index (χ2n) is 31.0. The van der Waals surface area contributed by atoms with Crippen molar-refractivity contribution >= 4 is 39.5 Å². The van der Waals surface area contributed by atoms with Crippen molar-refractivity contribution in [2.75, 3.05) is 39.6 Å². The van der Waals surface area contributed by atoms with Crippen LogP contribution in [0.15, 0.2) is 0 Å². The lowest BCUT2D eigenvalue weighted by atomic mass is 9.99. The van der Waals surface area contributed by atoms with Crippen molar-refractivity contribution in [2.45, 2.75) is 440 Å². The van der Waals surface area contributed by atoms with Crippen LogP contribution in [-0.2, 0) is 65.4 Å². The first-order valence-electron chi connectivity index (χ1n) is 42.3. The zero-order chi connectivity index (χ0) is 74.6. The highest BCUT2D eigenvalue weighted by atomic mass is 31.2. The summed E-state index contributed by atoms with van der Waals surface area (Å²) in [5, 5.41) is 10.6. The maximum Gasteiger partial charge on any atom is 0.472 e. The van der Waals surface area contributed by atoms with Crippen LogP contribution in [0.1, 0.15) is 421 Å². The summed E-state index contributed by atoms with van der Waals surface area (Å²) >= 11 is 0. The van der Waals surface area contributed by atoms with Gasteiger partial charge in [-0.2, -0.15) is 0 Å². The van der Waals surface area contributed by atoms with Crippen molar-refractivity contribution in [2.24, 2.45) is 23.7 Å². The van der Waals surface area contributed by atoms with Crippen LogP contribution in [0.5, 0.6) is 0 Å². The monoisotopic (exact) mass is 1480 g/mol. The van der Waals surface area contributed by atoms with Gasteiger partial charge < -0.3 is 33.8 Å². The number of phosphoric ester groups is 2. The van der Waals surface area contributed by atoms with Crippen molar-refractivity contribution < 1.29 is 80.2 Å². The van der Waals surface area contributed by atoms with Gasteiger partial charge in [-0.25, -0.2) is 9.13 Å². The standard InChI is InChI=1S/C82H160O17P2/c1-9-74(7)60-52-44-36-30-26-27-33-39-49-57-65-82(87)98-77(68-92-79(84)62-54-46-37-31-24-20-17-13-15-19-23-29-35-43-51-59-73(5)6)70-96-100(88,89)94-66-76(83)67-95-101(90,91)97-71-78(69-93-80(85)63-55-47-41-40-45-53-61-75(8)10-2)99-81(86)64-56-48-38-32-25-21-16-12-11-14-18-22-28-34-42-50-58-72(3)4/h72-78,83H,9-71H2,1-8H3,(H,88,89)(H,90,91)/t74?,75?,76-,77-,78-/m1/s1. The van der Waals surface area contributed by atoms with Crippen LogP contribution in [-0.4, -0.2) is 96.7 Å². The number of rotatable bonds is 79. The van der Waals surface area contributed by atoms with E-state index >= 15 is 0 Å². The van der Waals surface area contributed by atoms with E-state index in [4.69, 9.17) is 37.0 Å². The van der Waals surface area contributed by atoms with Gasteiger partial charge in [-0.15, -0.1) is 0 Å². The summed E-state index contributed by atoms with van der Waals surface area (Å²) in [6.45, 7) is 14.3. The Hall–Kier alpha value is -1.94. The van der Waals surface area contributed by atoms with Crippen LogP contribution in [0.25, 0.3) is 0 Å². The Morgan fingerprint density at radius 1 is 0.277 bits per heavy atom. The van der Waals surface area contributed by atoms with Crippen molar-refractivity contribution in [3.63, 3.8) is 0 Å². The number of unbranched alkanes of at least 4 members (excludes halogenated alkanes) is 43. The molecule has 0 aliphatic carbocycles. The van der Waals surface area contributed by atoms with E-state index in [0.717, 1.165) is 120 Å². The molecule has 101 heavy (non-hydrogen) atoms. The van der Waals surface area contributed by atoms with Crippen LogP contribution in [0.3, 0.4) is 0 Å². The van der Waals surface area contributed by atoms with Crippen molar-refractivity contribution in [3.8, 4) is 0 Å². The SMILES string of the molecule is CCC(C)CCCCCCCCCCCCC(=O)O[C@H](COC(=O)CCCCCCCCCCCCCCCCCC(C)C)COP(=O)(O)OC[C@@H](O)COP(=O)(O)OC[C@@H](COC(=O)CCCCCCCCC(C)CC)OC(=O)CCCCCCCCCCCCCCCCCCC(C)C. The Bertz CT molecular complexity index is 1980. The molecular weight excluding hydrogens is 1320 g/mol. The summed E-state index contributed by atoms with van der Waals surface area (Å²) in [7, 11) is -9.92. The first-order chi connectivity index (χ1) is 48.7. The molecule has 0 saturated carbocycles. The molecule has 0 heterocycles. The number of aliphatic hydroxyl groups is 1. The second kappa shape index (κ2) is 71.0. The van der Waals surface area contributed by atoms with E-state index < -0.39 is 97.5 Å². The van der Waals surface area contributed by atoms with E-state index in [-0.39, 0.29) is 25.7 Å². The van der Waals surface area contributed by atoms with Crippen molar-refractivity contribution in [1.82, 2.24) is 0 Å². The van der Waals surface area contributed by atoms with E-state index in [1.54, 1.807) is 0 Å².